The van der Waals surface area contributed by atoms with Crippen LogP contribution in [-0.4, -0.2) is 17.1 Å². The van der Waals surface area contributed by atoms with Crippen LogP contribution >= 0.6 is 11.6 Å². The second-order valence-corrected chi connectivity index (χ2v) is 4.24. The summed E-state index contributed by atoms with van der Waals surface area (Å²) in [4.78, 5) is 16.4. The third-order valence-electron chi connectivity index (χ3n) is 2.73. The Morgan fingerprint density at radius 2 is 2.06 bits per heavy atom. The number of imidazole rings is 1. The van der Waals surface area contributed by atoms with Gasteiger partial charge in [-0.15, -0.1) is 0 Å². The summed E-state index contributed by atoms with van der Waals surface area (Å²) in [6.45, 7) is 3.82. The molecule has 0 aliphatic heterocycles. The highest BCUT2D eigenvalue weighted by Crippen LogP contribution is 2.37. The largest absolute Gasteiger partial charge is 0.496 e. The highest BCUT2D eigenvalue weighted by molar-refractivity contribution is 6.32. The molecular formula is C12H13ClN2O2. The van der Waals surface area contributed by atoms with E-state index in [4.69, 9.17) is 16.3 Å². The van der Waals surface area contributed by atoms with Crippen molar-refractivity contribution in [2.45, 2.75) is 13.8 Å². The SMILES string of the molecule is COc1cc(C)c(Cl)c(C)c1-c1c[nH]c(=O)[nH]1. The number of methoxy groups -OCH3 is 1. The van der Waals surface area contributed by atoms with Crippen LogP contribution in [-0.2, 0) is 0 Å². The number of aryl methyl sites for hydroxylation is 1. The van der Waals surface area contributed by atoms with Gasteiger partial charge in [-0.05, 0) is 31.0 Å². The average molecular weight is 253 g/mol. The van der Waals surface area contributed by atoms with Crippen molar-refractivity contribution in [1.29, 1.82) is 0 Å². The zero-order valence-electron chi connectivity index (χ0n) is 9.85. The van der Waals surface area contributed by atoms with Gasteiger partial charge in [-0.2, -0.15) is 0 Å². The number of aromatic nitrogens is 2. The van der Waals surface area contributed by atoms with Crippen LogP contribution in [0, 0.1) is 13.8 Å². The summed E-state index contributed by atoms with van der Waals surface area (Å²) in [7, 11) is 1.59. The molecule has 1 aromatic heterocycles. The van der Waals surface area contributed by atoms with E-state index in [1.807, 2.05) is 19.9 Å². The van der Waals surface area contributed by atoms with Crippen LogP contribution in [0.25, 0.3) is 11.3 Å². The molecular weight excluding hydrogens is 240 g/mol. The summed E-state index contributed by atoms with van der Waals surface area (Å²) in [5.74, 6) is 0.694. The monoisotopic (exact) mass is 252 g/mol. The van der Waals surface area contributed by atoms with Crippen molar-refractivity contribution in [2.75, 3.05) is 7.11 Å². The number of hydrogen-bond donors (Lipinski definition) is 2. The zero-order chi connectivity index (χ0) is 12.6. The van der Waals surface area contributed by atoms with E-state index in [9.17, 15) is 4.79 Å². The molecule has 0 amide bonds. The fraction of sp³-hybridized carbons (Fsp3) is 0.250. The molecule has 4 nitrogen and oxygen atoms in total. The predicted octanol–water partition coefficient (Wildman–Crippen LogP) is 2.65. The van der Waals surface area contributed by atoms with E-state index in [1.54, 1.807) is 13.3 Å². The molecule has 0 bridgehead atoms. The summed E-state index contributed by atoms with van der Waals surface area (Å²) < 4.78 is 5.33. The Labute approximate surface area is 104 Å². The molecule has 0 aliphatic rings. The molecule has 5 heteroatoms. The third kappa shape index (κ3) is 1.96. The number of H-pyrrole nitrogens is 2. The molecule has 1 aromatic carbocycles. The van der Waals surface area contributed by atoms with Crippen molar-refractivity contribution in [3.05, 3.63) is 38.9 Å². The fourth-order valence-corrected chi connectivity index (χ4v) is 2.03. The number of halogens is 1. The minimum Gasteiger partial charge on any atom is -0.496 e. The molecule has 17 heavy (non-hydrogen) atoms. The van der Waals surface area contributed by atoms with Gasteiger partial charge in [0, 0.05) is 16.8 Å². The lowest BCUT2D eigenvalue weighted by Gasteiger charge is -2.13. The molecule has 0 atom stereocenters. The van der Waals surface area contributed by atoms with Gasteiger partial charge in [0.25, 0.3) is 0 Å². The lowest BCUT2D eigenvalue weighted by atomic mass is 10.0. The van der Waals surface area contributed by atoms with Crippen molar-refractivity contribution in [3.63, 3.8) is 0 Å². The Balaban J connectivity index is 2.75. The maximum atomic E-state index is 11.1. The van der Waals surface area contributed by atoms with Gasteiger partial charge in [-0.3, -0.25) is 0 Å². The highest BCUT2D eigenvalue weighted by atomic mass is 35.5. The molecule has 0 unspecified atom stereocenters. The van der Waals surface area contributed by atoms with Crippen LogP contribution < -0.4 is 10.4 Å². The molecule has 0 aliphatic carbocycles. The predicted molar refractivity (Wildman–Crippen MR) is 67.9 cm³/mol. The molecule has 0 saturated carbocycles. The first-order chi connectivity index (χ1) is 8.04. The van der Waals surface area contributed by atoms with Crippen molar-refractivity contribution in [2.24, 2.45) is 0 Å². The molecule has 90 valence electrons. The van der Waals surface area contributed by atoms with Crippen molar-refractivity contribution in [3.8, 4) is 17.0 Å². The maximum Gasteiger partial charge on any atom is 0.323 e. The van der Waals surface area contributed by atoms with E-state index in [-0.39, 0.29) is 5.69 Å². The van der Waals surface area contributed by atoms with Crippen LogP contribution in [0.15, 0.2) is 17.1 Å². The number of rotatable bonds is 2. The standard InChI is InChI=1S/C12H13ClN2O2/c1-6-4-9(17-3)10(7(2)11(6)13)8-5-14-12(16)15-8/h4-5H,1-3H3,(H2,14,15,16). The normalized spacial score (nSPS) is 10.6. The van der Waals surface area contributed by atoms with Crippen LogP contribution in [0.2, 0.25) is 5.02 Å². The second-order valence-electron chi connectivity index (χ2n) is 3.87. The Morgan fingerprint density at radius 1 is 1.35 bits per heavy atom. The van der Waals surface area contributed by atoms with Gasteiger partial charge in [0.15, 0.2) is 0 Å². The van der Waals surface area contributed by atoms with E-state index >= 15 is 0 Å². The molecule has 0 radical (unpaired) electrons. The summed E-state index contributed by atoms with van der Waals surface area (Å²) in [6, 6.07) is 1.86. The summed E-state index contributed by atoms with van der Waals surface area (Å²) in [5.41, 5.74) is 3.06. The minimum absolute atomic E-state index is 0.252. The van der Waals surface area contributed by atoms with Crippen LogP contribution in [0.5, 0.6) is 5.75 Å². The van der Waals surface area contributed by atoms with E-state index < -0.39 is 0 Å². The van der Waals surface area contributed by atoms with Crippen molar-refractivity contribution >= 4 is 11.6 Å². The van der Waals surface area contributed by atoms with Gasteiger partial charge in [0.05, 0.1) is 12.8 Å². The molecule has 1 heterocycles. The maximum absolute atomic E-state index is 11.1. The first-order valence-corrected chi connectivity index (χ1v) is 5.54. The molecule has 0 saturated heterocycles. The Hall–Kier alpha value is -1.68. The number of hydrogen-bond acceptors (Lipinski definition) is 2. The van der Waals surface area contributed by atoms with E-state index in [1.165, 1.54) is 0 Å². The third-order valence-corrected chi connectivity index (χ3v) is 3.31. The van der Waals surface area contributed by atoms with Gasteiger partial charge >= 0.3 is 5.69 Å². The number of nitrogens with one attached hydrogen (secondary N) is 2. The number of ether oxygens (including phenoxy) is 1. The Kier molecular flexibility index (Phi) is 2.98. The zero-order valence-corrected chi connectivity index (χ0v) is 10.6. The van der Waals surface area contributed by atoms with E-state index in [0.717, 1.165) is 16.7 Å². The van der Waals surface area contributed by atoms with Gasteiger partial charge in [-0.1, -0.05) is 11.6 Å². The summed E-state index contributed by atoms with van der Waals surface area (Å²) in [5, 5.41) is 0.683. The van der Waals surface area contributed by atoms with E-state index in [0.29, 0.717) is 16.5 Å². The molecule has 0 fully saturated rings. The quantitative estimate of drug-likeness (QED) is 0.863. The average Bonchev–Trinajstić information content (AvgIpc) is 2.71. The molecule has 0 spiro atoms. The van der Waals surface area contributed by atoms with Gasteiger partial charge in [0.1, 0.15) is 5.75 Å². The van der Waals surface area contributed by atoms with Gasteiger partial charge in [-0.25, -0.2) is 4.79 Å². The number of aromatic amines is 2. The highest BCUT2D eigenvalue weighted by Gasteiger charge is 2.15. The van der Waals surface area contributed by atoms with Gasteiger partial charge in [0.2, 0.25) is 0 Å². The lowest BCUT2D eigenvalue weighted by molar-refractivity contribution is 0.415. The topological polar surface area (TPSA) is 57.9 Å². The van der Waals surface area contributed by atoms with Crippen molar-refractivity contribution in [1.82, 2.24) is 9.97 Å². The smallest absolute Gasteiger partial charge is 0.323 e. The fourth-order valence-electron chi connectivity index (χ4n) is 1.89. The van der Waals surface area contributed by atoms with E-state index in [2.05, 4.69) is 9.97 Å². The first-order valence-electron chi connectivity index (χ1n) is 5.16. The molecule has 2 aromatic rings. The molecule has 2 rings (SSSR count). The van der Waals surface area contributed by atoms with Crippen LogP contribution in [0.4, 0.5) is 0 Å². The Morgan fingerprint density at radius 3 is 2.59 bits per heavy atom. The van der Waals surface area contributed by atoms with Crippen LogP contribution in [0.3, 0.4) is 0 Å². The molecule has 2 N–H and O–H groups in total. The number of benzene rings is 1. The lowest BCUT2D eigenvalue weighted by Crippen LogP contribution is -2.01. The summed E-state index contributed by atoms with van der Waals surface area (Å²) >= 11 is 6.21. The Bertz CT molecular complexity index is 613. The summed E-state index contributed by atoms with van der Waals surface area (Å²) in [6.07, 6.45) is 1.61. The van der Waals surface area contributed by atoms with Crippen molar-refractivity contribution < 1.29 is 4.74 Å². The first kappa shape index (κ1) is 11.8. The van der Waals surface area contributed by atoms with Crippen LogP contribution in [0.1, 0.15) is 11.1 Å². The minimum atomic E-state index is -0.252. The second kappa shape index (κ2) is 4.30. The van der Waals surface area contributed by atoms with Gasteiger partial charge < -0.3 is 14.7 Å².